The van der Waals surface area contributed by atoms with Crippen molar-refractivity contribution in [2.24, 2.45) is 5.73 Å². The standard InChI is InChI=1S/C12H16F2N2O2/c13-9-4-3-8(6-10(9)14)11(17)7-16-5-1-2-12(15)18/h3-4,6,11,16-17H,1-2,5,7H2,(H2,15,18). The molecule has 4 N–H and O–H groups in total. The number of primary amides is 1. The molecule has 0 fully saturated rings. The van der Waals surface area contributed by atoms with Crippen LogP contribution in [0.4, 0.5) is 8.78 Å². The molecule has 18 heavy (non-hydrogen) atoms. The third-order valence-corrected chi connectivity index (χ3v) is 2.44. The van der Waals surface area contributed by atoms with Crippen LogP contribution in [-0.4, -0.2) is 24.1 Å². The fraction of sp³-hybridized carbons (Fsp3) is 0.417. The summed E-state index contributed by atoms with van der Waals surface area (Å²) >= 11 is 0. The number of amides is 1. The second-order valence-corrected chi connectivity index (χ2v) is 3.96. The zero-order valence-corrected chi connectivity index (χ0v) is 9.83. The number of aliphatic hydroxyl groups excluding tert-OH is 1. The van der Waals surface area contributed by atoms with Gasteiger partial charge in [0.25, 0.3) is 0 Å². The van der Waals surface area contributed by atoms with Gasteiger partial charge in [0.05, 0.1) is 6.10 Å². The van der Waals surface area contributed by atoms with Crippen LogP contribution in [-0.2, 0) is 4.79 Å². The highest BCUT2D eigenvalue weighted by Crippen LogP contribution is 2.15. The first-order valence-corrected chi connectivity index (χ1v) is 5.62. The first kappa shape index (κ1) is 14.5. The smallest absolute Gasteiger partial charge is 0.217 e. The van der Waals surface area contributed by atoms with E-state index in [1.807, 2.05) is 0 Å². The molecule has 0 saturated heterocycles. The summed E-state index contributed by atoms with van der Waals surface area (Å²) in [6.45, 7) is 0.716. The minimum absolute atomic E-state index is 0.198. The third kappa shape index (κ3) is 4.77. The lowest BCUT2D eigenvalue weighted by molar-refractivity contribution is -0.118. The van der Waals surface area contributed by atoms with Crippen LogP contribution in [0.1, 0.15) is 24.5 Å². The Hall–Kier alpha value is -1.53. The van der Waals surface area contributed by atoms with E-state index >= 15 is 0 Å². The molecule has 0 saturated carbocycles. The molecule has 1 aromatic carbocycles. The van der Waals surface area contributed by atoms with Gasteiger partial charge in [-0.1, -0.05) is 6.07 Å². The summed E-state index contributed by atoms with van der Waals surface area (Å²) in [5.41, 5.74) is 5.27. The molecule has 1 unspecified atom stereocenters. The maximum atomic E-state index is 12.9. The SMILES string of the molecule is NC(=O)CCCNCC(O)c1ccc(F)c(F)c1. The first-order chi connectivity index (χ1) is 8.50. The second kappa shape index (κ2) is 7.03. The molecule has 1 amide bonds. The number of aliphatic hydroxyl groups is 1. The Labute approximate surface area is 104 Å². The van der Waals surface area contributed by atoms with Crippen molar-refractivity contribution in [3.8, 4) is 0 Å². The Morgan fingerprint density at radius 2 is 2.11 bits per heavy atom. The minimum Gasteiger partial charge on any atom is -0.387 e. The Bertz CT molecular complexity index is 413. The molecule has 0 spiro atoms. The van der Waals surface area contributed by atoms with Crippen molar-refractivity contribution in [3.05, 3.63) is 35.4 Å². The van der Waals surface area contributed by atoms with Crippen molar-refractivity contribution in [2.45, 2.75) is 18.9 Å². The van der Waals surface area contributed by atoms with Crippen LogP contribution >= 0.6 is 0 Å². The summed E-state index contributed by atoms with van der Waals surface area (Å²) in [6, 6.07) is 3.26. The van der Waals surface area contributed by atoms with Crippen LogP contribution in [0.25, 0.3) is 0 Å². The lowest BCUT2D eigenvalue weighted by Crippen LogP contribution is -2.24. The molecule has 0 radical (unpaired) electrons. The van der Waals surface area contributed by atoms with Crippen molar-refractivity contribution in [1.29, 1.82) is 0 Å². The average Bonchev–Trinajstić information content (AvgIpc) is 2.31. The van der Waals surface area contributed by atoms with Crippen molar-refractivity contribution >= 4 is 5.91 Å². The Morgan fingerprint density at radius 3 is 2.72 bits per heavy atom. The molecule has 0 aliphatic rings. The number of hydrogen-bond donors (Lipinski definition) is 3. The summed E-state index contributed by atoms with van der Waals surface area (Å²) in [4.78, 5) is 10.5. The number of nitrogens with two attached hydrogens (primary N) is 1. The largest absolute Gasteiger partial charge is 0.387 e. The van der Waals surface area contributed by atoms with Crippen molar-refractivity contribution < 1.29 is 18.7 Å². The van der Waals surface area contributed by atoms with Gasteiger partial charge in [-0.15, -0.1) is 0 Å². The zero-order chi connectivity index (χ0) is 13.5. The van der Waals surface area contributed by atoms with Crippen LogP contribution in [0.3, 0.4) is 0 Å². The number of carbonyl (C=O) groups excluding carboxylic acids is 1. The summed E-state index contributed by atoms with van der Waals surface area (Å²) in [7, 11) is 0. The van der Waals surface area contributed by atoms with E-state index in [0.717, 1.165) is 12.1 Å². The highest BCUT2D eigenvalue weighted by atomic mass is 19.2. The first-order valence-electron chi connectivity index (χ1n) is 5.62. The summed E-state index contributed by atoms with van der Waals surface area (Å²) < 4.78 is 25.6. The van der Waals surface area contributed by atoms with Gasteiger partial charge >= 0.3 is 0 Å². The molecule has 0 aliphatic carbocycles. The molecule has 6 heteroatoms. The molecular formula is C12H16F2N2O2. The van der Waals surface area contributed by atoms with E-state index in [2.05, 4.69) is 5.32 Å². The van der Waals surface area contributed by atoms with Crippen LogP contribution < -0.4 is 11.1 Å². The van der Waals surface area contributed by atoms with Gasteiger partial charge in [0.2, 0.25) is 5.91 Å². The maximum Gasteiger partial charge on any atom is 0.217 e. The summed E-state index contributed by atoms with van der Waals surface area (Å²) in [6.07, 6.45) is -0.0811. The van der Waals surface area contributed by atoms with E-state index in [4.69, 9.17) is 5.73 Å². The van der Waals surface area contributed by atoms with E-state index in [0.29, 0.717) is 18.5 Å². The van der Waals surface area contributed by atoms with Gasteiger partial charge < -0.3 is 16.2 Å². The topological polar surface area (TPSA) is 75.4 Å². The summed E-state index contributed by atoms with van der Waals surface area (Å²) in [5, 5.41) is 12.6. The highest BCUT2D eigenvalue weighted by molar-refractivity contribution is 5.73. The third-order valence-electron chi connectivity index (χ3n) is 2.44. The van der Waals surface area contributed by atoms with Crippen molar-refractivity contribution in [3.63, 3.8) is 0 Å². The fourth-order valence-electron chi connectivity index (χ4n) is 1.46. The predicted molar refractivity (Wildman–Crippen MR) is 62.6 cm³/mol. The molecule has 1 aromatic rings. The van der Waals surface area contributed by atoms with Gasteiger partial charge in [-0.25, -0.2) is 8.78 Å². The average molecular weight is 258 g/mol. The van der Waals surface area contributed by atoms with Crippen LogP contribution in [0, 0.1) is 11.6 Å². The Kier molecular flexibility index (Phi) is 5.67. The van der Waals surface area contributed by atoms with Crippen LogP contribution in [0.2, 0.25) is 0 Å². The normalized spacial score (nSPS) is 12.4. The number of rotatable bonds is 7. The van der Waals surface area contributed by atoms with E-state index in [-0.39, 0.29) is 18.9 Å². The number of carbonyl (C=O) groups is 1. The van der Waals surface area contributed by atoms with Gasteiger partial charge in [-0.3, -0.25) is 4.79 Å². The van der Waals surface area contributed by atoms with Gasteiger partial charge in [0.15, 0.2) is 11.6 Å². The molecule has 0 bridgehead atoms. The zero-order valence-electron chi connectivity index (χ0n) is 9.83. The van der Waals surface area contributed by atoms with E-state index in [1.54, 1.807) is 0 Å². The highest BCUT2D eigenvalue weighted by Gasteiger charge is 2.10. The van der Waals surface area contributed by atoms with E-state index < -0.39 is 17.7 Å². The molecule has 0 aliphatic heterocycles. The summed E-state index contributed by atoms with van der Waals surface area (Å²) in [5.74, 6) is -2.31. The maximum absolute atomic E-state index is 12.9. The number of benzene rings is 1. The van der Waals surface area contributed by atoms with Crippen molar-refractivity contribution in [1.82, 2.24) is 5.32 Å². The monoisotopic (exact) mass is 258 g/mol. The number of nitrogens with one attached hydrogen (secondary N) is 1. The minimum atomic E-state index is -0.986. The molecule has 100 valence electrons. The molecule has 4 nitrogen and oxygen atoms in total. The molecule has 1 rings (SSSR count). The van der Waals surface area contributed by atoms with Gasteiger partial charge in [0, 0.05) is 13.0 Å². The Balaban J connectivity index is 2.34. The quantitative estimate of drug-likeness (QED) is 0.635. The Morgan fingerprint density at radius 1 is 1.39 bits per heavy atom. The number of hydrogen-bond acceptors (Lipinski definition) is 3. The predicted octanol–water partition coefficient (Wildman–Crippen LogP) is 0.853. The van der Waals surface area contributed by atoms with Crippen molar-refractivity contribution in [2.75, 3.05) is 13.1 Å². The molecule has 0 heterocycles. The number of halogens is 2. The van der Waals surface area contributed by atoms with Crippen LogP contribution in [0.5, 0.6) is 0 Å². The second-order valence-electron chi connectivity index (χ2n) is 3.96. The lowest BCUT2D eigenvalue weighted by Gasteiger charge is -2.12. The van der Waals surface area contributed by atoms with Crippen LogP contribution in [0.15, 0.2) is 18.2 Å². The molecule has 0 aromatic heterocycles. The van der Waals surface area contributed by atoms with Gasteiger partial charge in [-0.05, 0) is 30.7 Å². The lowest BCUT2D eigenvalue weighted by atomic mass is 10.1. The van der Waals surface area contributed by atoms with E-state index in [1.165, 1.54) is 6.07 Å². The van der Waals surface area contributed by atoms with Gasteiger partial charge in [-0.2, -0.15) is 0 Å². The fourth-order valence-corrected chi connectivity index (χ4v) is 1.46. The molecular weight excluding hydrogens is 242 g/mol. The molecule has 1 atom stereocenters. The van der Waals surface area contributed by atoms with Gasteiger partial charge in [0.1, 0.15) is 0 Å². The van der Waals surface area contributed by atoms with E-state index in [9.17, 15) is 18.7 Å².